The van der Waals surface area contributed by atoms with Crippen LogP contribution in [0.4, 0.5) is 11.4 Å². The Labute approximate surface area is 128 Å². The highest BCUT2D eigenvalue weighted by molar-refractivity contribution is 7.10. The number of fused-ring (bicyclic) bond motifs is 1. The van der Waals surface area contributed by atoms with Crippen molar-refractivity contribution in [2.24, 2.45) is 0 Å². The molecule has 0 radical (unpaired) electrons. The number of anilines is 2. The van der Waals surface area contributed by atoms with Crippen molar-refractivity contribution in [3.63, 3.8) is 0 Å². The maximum absolute atomic E-state index is 12.6. The van der Waals surface area contributed by atoms with E-state index in [0.717, 1.165) is 23.7 Å². The van der Waals surface area contributed by atoms with Gasteiger partial charge in [0.15, 0.2) is 0 Å². The van der Waals surface area contributed by atoms with Crippen LogP contribution >= 0.6 is 11.3 Å². The van der Waals surface area contributed by atoms with Crippen LogP contribution in [0.25, 0.3) is 0 Å². The molecular weight excluding hydrogens is 280 g/mol. The molecule has 0 atom stereocenters. The number of rotatable bonds is 3. The summed E-state index contributed by atoms with van der Waals surface area (Å²) >= 11 is 1.65. The average Bonchev–Trinajstić information content (AvgIpc) is 3.23. The molecule has 2 heterocycles. The first-order valence-corrected chi connectivity index (χ1v) is 8.39. The third kappa shape index (κ3) is 2.44. The second kappa shape index (κ2) is 5.19. The van der Waals surface area contributed by atoms with Gasteiger partial charge in [-0.15, -0.1) is 11.3 Å². The highest BCUT2D eigenvalue weighted by atomic mass is 32.1. The van der Waals surface area contributed by atoms with E-state index < -0.39 is 0 Å². The maximum atomic E-state index is 12.6. The van der Waals surface area contributed by atoms with Crippen LogP contribution in [0.1, 0.15) is 17.7 Å². The lowest BCUT2D eigenvalue weighted by molar-refractivity contribution is -0.117. The second-order valence-electron chi connectivity index (χ2n) is 5.71. The van der Waals surface area contributed by atoms with Crippen molar-refractivity contribution in [3.8, 4) is 0 Å². The van der Waals surface area contributed by atoms with Gasteiger partial charge in [0.25, 0.3) is 0 Å². The minimum atomic E-state index is 0.209. The van der Waals surface area contributed by atoms with Crippen molar-refractivity contribution in [1.82, 2.24) is 0 Å². The molecule has 0 N–H and O–H groups in total. The smallest absolute Gasteiger partial charge is 0.232 e. The quantitative estimate of drug-likeness (QED) is 0.868. The first-order chi connectivity index (χ1) is 10.3. The zero-order valence-corrected chi connectivity index (χ0v) is 12.7. The van der Waals surface area contributed by atoms with Gasteiger partial charge in [-0.25, -0.2) is 0 Å². The number of carbonyl (C=O) groups excluding carboxylic acids is 1. The third-order valence-electron chi connectivity index (χ3n) is 4.24. The van der Waals surface area contributed by atoms with Crippen LogP contribution in [0, 0.1) is 0 Å². The normalized spacial score (nSPS) is 17.7. The van der Waals surface area contributed by atoms with E-state index in [-0.39, 0.29) is 5.91 Å². The summed E-state index contributed by atoms with van der Waals surface area (Å²) in [7, 11) is 0. The van der Waals surface area contributed by atoms with E-state index in [1.807, 2.05) is 28.5 Å². The zero-order valence-electron chi connectivity index (χ0n) is 11.9. The molecule has 3 nitrogen and oxygen atoms in total. The van der Waals surface area contributed by atoms with Crippen LogP contribution in [0.5, 0.6) is 0 Å². The molecular formula is C17H18N2OS. The molecule has 0 bridgehead atoms. The van der Waals surface area contributed by atoms with E-state index >= 15 is 0 Å². The molecule has 1 aromatic carbocycles. The molecule has 1 aliphatic heterocycles. The Hall–Kier alpha value is -1.81. The largest absolute Gasteiger partial charge is 0.365 e. The Morgan fingerprint density at radius 2 is 1.90 bits per heavy atom. The summed E-state index contributed by atoms with van der Waals surface area (Å²) in [4.78, 5) is 18.2. The van der Waals surface area contributed by atoms with Crippen LogP contribution in [-0.4, -0.2) is 25.0 Å². The molecule has 0 spiro atoms. The number of hydrogen-bond donors (Lipinski definition) is 0. The summed E-state index contributed by atoms with van der Waals surface area (Å²) < 4.78 is 0. The minimum Gasteiger partial charge on any atom is -0.365 e. The van der Waals surface area contributed by atoms with E-state index in [1.165, 1.54) is 18.5 Å². The van der Waals surface area contributed by atoms with Crippen LogP contribution in [-0.2, 0) is 11.2 Å². The first kappa shape index (κ1) is 12.9. The van der Waals surface area contributed by atoms with Gasteiger partial charge in [-0.3, -0.25) is 4.79 Å². The highest BCUT2D eigenvalue weighted by Crippen LogP contribution is 2.39. The molecule has 4 heteroatoms. The standard InChI is InChI=1S/C17H18N2OS/c20-17(12-14-4-3-11-21-14)19-10-9-18(13-7-8-13)15-5-1-2-6-16(15)19/h1-6,11,13H,7-10,12H2. The Morgan fingerprint density at radius 3 is 2.62 bits per heavy atom. The topological polar surface area (TPSA) is 23.6 Å². The lowest BCUT2D eigenvalue weighted by atomic mass is 10.1. The van der Waals surface area contributed by atoms with Crippen molar-refractivity contribution in [2.45, 2.75) is 25.3 Å². The van der Waals surface area contributed by atoms with Gasteiger partial charge >= 0.3 is 0 Å². The minimum absolute atomic E-state index is 0.209. The van der Waals surface area contributed by atoms with Crippen LogP contribution in [0.15, 0.2) is 41.8 Å². The van der Waals surface area contributed by atoms with Crippen molar-refractivity contribution in [3.05, 3.63) is 46.7 Å². The average molecular weight is 298 g/mol. The van der Waals surface area contributed by atoms with E-state index in [2.05, 4.69) is 23.1 Å². The van der Waals surface area contributed by atoms with Crippen LogP contribution in [0.3, 0.4) is 0 Å². The fourth-order valence-corrected chi connectivity index (χ4v) is 3.76. The monoisotopic (exact) mass is 298 g/mol. The van der Waals surface area contributed by atoms with E-state index in [0.29, 0.717) is 12.5 Å². The zero-order chi connectivity index (χ0) is 14.2. The first-order valence-electron chi connectivity index (χ1n) is 7.51. The van der Waals surface area contributed by atoms with E-state index in [4.69, 9.17) is 0 Å². The number of carbonyl (C=O) groups is 1. The molecule has 1 aliphatic carbocycles. The Balaban J connectivity index is 1.61. The van der Waals surface area contributed by atoms with Gasteiger partial charge in [0.1, 0.15) is 0 Å². The summed E-state index contributed by atoms with van der Waals surface area (Å²) in [5.74, 6) is 0.209. The molecule has 21 heavy (non-hydrogen) atoms. The van der Waals surface area contributed by atoms with Crippen LogP contribution < -0.4 is 9.80 Å². The molecule has 1 aromatic heterocycles. The van der Waals surface area contributed by atoms with Gasteiger partial charge in [0.2, 0.25) is 5.91 Å². The number of amides is 1. The molecule has 0 unspecified atom stereocenters. The van der Waals surface area contributed by atoms with E-state index in [1.54, 1.807) is 11.3 Å². The molecule has 2 aliphatic rings. The van der Waals surface area contributed by atoms with Crippen molar-refractivity contribution in [2.75, 3.05) is 22.9 Å². The number of thiophene rings is 1. The van der Waals surface area contributed by atoms with E-state index in [9.17, 15) is 4.79 Å². The van der Waals surface area contributed by atoms with Gasteiger partial charge in [-0.2, -0.15) is 0 Å². The van der Waals surface area contributed by atoms with Crippen molar-refractivity contribution >= 4 is 28.6 Å². The van der Waals surface area contributed by atoms with Gasteiger partial charge in [-0.05, 0) is 36.4 Å². The fraction of sp³-hybridized carbons (Fsp3) is 0.353. The van der Waals surface area contributed by atoms with Crippen molar-refractivity contribution < 1.29 is 4.79 Å². The number of hydrogen-bond acceptors (Lipinski definition) is 3. The summed E-state index contributed by atoms with van der Waals surface area (Å²) in [6.45, 7) is 1.76. The summed E-state index contributed by atoms with van der Waals surface area (Å²) in [5.41, 5.74) is 2.31. The number of nitrogens with zero attached hydrogens (tertiary/aromatic N) is 2. The lowest BCUT2D eigenvalue weighted by Gasteiger charge is -2.38. The fourth-order valence-electron chi connectivity index (χ4n) is 3.07. The molecule has 4 rings (SSSR count). The predicted molar refractivity (Wildman–Crippen MR) is 87.2 cm³/mol. The Kier molecular flexibility index (Phi) is 3.19. The molecule has 0 saturated heterocycles. The number of para-hydroxylation sites is 2. The summed E-state index contributed by atoms with van der Waals surface area (Å²) in [6, 6.07) is 13.1. The maximum Gasteiger partial charge on any atom is 0.232 e. The third-order valence-corrected chi connectivity index (χ3v) is 5.12. The second-order valence-corrected chi connectivity index (χ2v) is 6.75. The molecule has 1 amide bonds. The van der Waals surface area contributed by atoms with Gasteiger partial charge < -0.3 is 9.80 Å². The van der Waals surface area contributed by atoms with Gasteiger partial charge in [0.05, 0.1) is 17.8 Å². The van der Waals surface area contributed by atoms with Crippen LogP contribution in [0.2, 0.25) is 0 Å². The van der Waals surface area contributed by atoms with Gasteiger partial charge in [-0.1, -0.05) is 18.2 Å². The SMILES string of the molecule is O=C(Cc1cccs1)N1CCN(C2CC2)c2ccccc21. The Morgan fingerprint density at radius 1 is 1.10 bits per heavy atom. The summed E-state index contributed by atoms with van der Waals surface area (Å²) in [5, 5.41) is 2.03. The Bertz CT molecular complexity index is 649. The predicted octanol–water partition coefficient (Wildman–Crippen LogP) is 3.31. The highest BCUT2D eigenvalue weighted by Gasteiger charge is 2.35. The lowest BCUT2D eigenvalue weighted by Crippen LogP contribution is -2.45. The molecule has 108 valence electrons. The van der Waals surface area contributed by atoms with Crippen molar-refractivity contribution in [1.29, 1.82) is 0 Å². The molecule has 2 aromatic rings. The van der Waals surface area contributed by atoms with Gasteiger partial charge in [0, 0.05) is 24.0 Å². The molecule has 1 saturated carbocycles. The number of benzene rings is 1. The molecule has 1 fully saturated rings. The summed E-state index contributed by atoms with van der Waals surface area (Å²) in [6.07, 6.45) is 3.09.